The van der Waals surface area contributed by atoms with E-state index in [0.717, 1.165) is 11.1 Å². The maximum atomic E-state index is 12.5. The van der Waals surface area contributed by atoms with Gasteiger partial charge in [-0.1, -0.05) is 30.3 Å². The highest BCUT2D eigenvalue weighted by Crippen LogP contribution is 2.22. The van der Waals surface area contributed by atoms with Crippen molar-refractivity contribution >= 4 is 5.91 Å². The Bertz CT molecular complexity index is 938. The molecule has 3 aromatic rings. The average Bonchev–Trinajstić information content (AvgIpc) is 3.03. The number of aryl methyl sites for hydroxylation is 1. The summed E-state index contributed by atoms with van der Waals surface area (Å²) >= 11 is 0. The van der Waals surface area contributed by atoms with Gasteiger partial charge in [0.05, 0.1) is 23.7 Å². The molecule has 1 amide bonds. The van der Waals surface area contributed by atoms with Crippen LogP contribution in [0.3, 0.4) is 0 Å². The molecule has 0 unspecified atom stereocenters. The highest BCUT2D eigenvalue weighted by Gasteiger charge is 2.17. The van der Waals surface area contributed by atoms with Crippen molar-refractivity contribution in [1.29, 1.82) is 5.26 Å². The molecule has 5 nitrogen and oxygen atoms in total. The van der Waals surface area contributed by atoms with Crippen LogP contribution in [0.4, 0.5) is 0 Å². The van der Waals surface area contributed by atoms with E-state index in [1.165, 1.54) is 0 Å². The van der Waals surface area contributed by atoms with Crippen molar-refractivity contribution in [3.63, 3.8) is 0 Å². The van der Waals surface area contributed by atoms with E-state index in [0.29, 0.717) is 29.5 Å². The number of amides is 1. The number of carbonyl (C=O) groups excluding carboxylic acids is 1. The highest BCUT2D eigenvalue weighted by atomic mass is 16.4. The van der Waals surface area contributed by atoms with Gasteiger partial charge in [-0.25, -0.2) is 4.98 Å². The second kappa shape index (κ2) is 7.66. The molecule has 1 aromatic heterocycles. The highest BCUT2D eigenvalue weighted by molar-refractivity contribution is 5.78. The lowest BCUT2D eigenvalue weighted by molar-refractivity contribution is -0.129. The van der Waals surface area contributed by atoms with Crippen molar-refractivity contribution in [2.24, 2.45) is 0 Å². The third-order valence-corrected chi connectivity index (χ3v) is 4.16. The lowest BCUT2D eigenvalue weighted by Crippen LogP contribution is -2.28. The molecule has 5 heteroatoms. The fraction of sp³-hybridized carbons (Fsp3) is 0.190. The van der Waals surface area contributed by atoms with E-state index in [9.17, 15) is 4.79 Å². The lowest BCUT2D eigenvalue weighted by atomic mass is 10.1. The quantitative estimate of drug-likeness (QED) is 0.706. The Morgan fingerprint density at radius 2 is 1.85 bits per heavy atom. The van der Waals surface area contributed by atoms with Crippen molar-refractivity contribution in [1.82, 2.24) is 9.88 Å². The number of aromatic nitrogens is 1. The number of oxazole rings is 1. The van der Waals surface area contributed by atoms with Crippen LogP contribution in [0, 0.1) is 18.3 Å². The summed E-state index contributed by atoms with van der Waals surface area (Å²) in [6.45, 7) is 2.30. The molecular weight excluding hydrogens is 326 g/mol. The summed E-state index contributed by atoms with van der Waals surface area (Å²) in [6, 6.07) is 18.9. The summed E-state index contributed by atoms with van der Waals surface area (Å²) in [7, 11) is 1.76. The number of hydrogen-bond acceptors (Lipinski definition) is 4. The van der Waals surface area contributed by atoms with Crippen molar-refractivity contribution in [2.45, 2.75) is 19.9 Å². The van der Waals surface area contributed by atoms with E-state index in [2.05, 4.69) is 11.1 Å². The van der Waals surface area contributed by atoms with Crippen molar-refractivity contribution < 1.29 is 9.21 Å². The fourth-order valence-electron chi connectivity index (χ4n) is 2.62. The molecule has 2 aromatic carbocycles. The van der Waals surface area contributed by atoms with E-state index < -0.39 is 0 Å². The second-order valence-corrected chi connectivity index (χ2v) is 6.12. The number of benzene rings is 2. The molecule has 0 radical (unpaired) electrons. The van der Waals surface area contributed by atoms with Crippen molar-refractivity contribution in [3.05, 3.63) is 77.2 Å². The summed E-state index contributed by atoms with van der Waals surface area (Å²) in [6.07, 6.45) is 0.189. The van der Waals surface area contributed by atoms with Gasteiger partial charge in [0.2, 0.25) is 11.8 Å². The zero-order valence-corrected chi connectivity index (χ0v) is 14.8. The van der Waals surface area contributed by atoms with Crippen LogP contribution < -0.4 is 0 Å². The van der Waals surface area contributed by atoms with E-state index in [1.807, 2.05) is 49.4 Å². The SMILES string of the molecule is Cc1oc(-c2ccccc2)nc1CC(=O)N(C)Cc1ccc(C#N)cc1. The topological polar surface area (TPSA) is 70.1 Å². The van der Waals surface area contributed by atoms with Gasteiger partial charge in [0.25, 0.3) is 0 Å². The Morgan fingerprint density at radius 3 is 2.50 bits per heavy atom. The fourth-order valence-corrected chi connectivity index (χ4v) is 2.62. The first-order valence-electron chi connectivity index (χ1n) is 8.31. The number of nitrogens with zero attached hydrogens (tertiary/aromatic N) is 3. The molecule has 130 valence electrons. The van der Waals surface area contributed by atoms with Crippen LogP contribution in [-0.4, -0.2) is 22.8 Å². The molecule has 0 spiro atoms. The number of nitriles is 1. The summed E-state index contributed by atoms with van der Waals surface area (Å²) in [4.78, 5) is 18.7. The monoisotopic (exact) mass is 345 g/mol. The van der Waals surface area contributed by atoms with Crippen molar-refractivity contribution in [3.8, 4) is 17.5 Å². The zero-order chi connectivity index (χ0) is 18.5. The number of carbonyl (C=O) groups is 1. The Kier molecular flexibility index (Phi) is 5.14. The van der Waals surface area contributed by atoms with Crippen molar-refractivity contribution in [2.75, 3.05) is 7.05 Å². The minimum atomic E-state index is -0.0367. The average molecular weight is 345 g/mol. The predicted molar refractivity (Wildman–Crippen MR) is 98.0 cm³/mol. The summed E-state index contributed by atoms with van der Waals surface area (Å²) in [5, 5.41) is 8.84. The van der Waals surface area contributed by atoms with Gasteiger partial charge in [0, 0.05) is 19.2 Å². The minimum Gasteiger partial charge on any atom is -0.441 e. The zero-order valence-electron chi connectivity index (χ0n) is 14.8. The summed E-state index contributed by atoms with van der Waals surface area (Å²) < 4.78 is 5.71. The maximum absolute atomic E-state index is 12.5. The van der Waals surface area contributed by atoms with Gasteiger partial charge in [0.15, 0.2) is 0 Å². The Hall–Kier alpha value is -3.39. The minimum absolute atomic E-state index is 0.0367. The standard InChI is InChI=1S/C21H19N3O2/c1-15-19(23-21(26-15)18-6-4-3-5-7-18)12-20(25)24(2)14-17-10-8-16(13-22)9-11-17/h3-11H,12,14H2,1-2H3. The maximum Gasteiger partial charge on any atom is 0.228 e. The Morgan fingerprint density at radius 1 is 1.15 bits per heavy atom. The number of hydrogen-bond donors (Lipinski definition) is 0. The van der Waals surface area contributed by atoms with E-state index in [4.69, 9.17) is 9.68 Å². The first-order valence-corrected chi connectivity index (χ1v) is 8.31. The molecule has 0 fully saturated rings. The number of likely N-dealkylation sites (N-methyl/N-ethyl adjacent to an activating group) is 1. The molecule has 26 heavy (non-hydrogen) atoms. The van der Waals surface area contributed by atoms with E-state index in [1.54, 1.807) is 24.1 Å². The van der Waals surface area contributed by atoms with Gasteiger partial charge in [-0.15, -0.1) is 0 Å². The molecule has 0 aliphatic carbocycles. The van der Waals surface area contributed by atoms with Gasteiger partial charge < -0.3 is 9.32 Å². The van der Waals surface area contributed by atoms with Gasteiger partial charge in [0.1, 0.15) is 5.76 Å². The van der Waals surface area contributed by atoms with Gasteiger partial charge in [-0.3, -0.25) is 4.79 Å². The van der Waals surface area contributed by atoms with Crippen LogP contribution >= 0.6 is 0 Å². The van der Waals surface area contributed by atoms with E-state index in [-0.39, 0.29) is 12.3 Å². The smallest absolute Gasteiger partial charge is 0.228 e. The first kappa shape index (κ1) is 17.4. The van der Waals surface area contributed by atoms with Gasteiger partial charge in [-0.05, 0) is 36.8 Å². The van der Waals surface area contributed by atoms with Crippen LogP contribution in [0.25, 0.3) is 11.5 Å². The summed E-state index contributed by atoms with van der Waals surface area (Å²) in [5.74, 6) is 1.15. The molecule has 3 rings (SSSR count). The molecule has 1 heterocycles. The molecular formula is C21H19N3O2. The van der Waals surface area contributed by atoms with Crippen LogP contribution in [0.15, 0.2) is 59.0 Å². The number of rotatable bonds is 5. The Balaban J connectivity index is 1.67. The largest absolute Gasteiger partial charge is 0.441 e. The summed E-state index contributed by atoms with van der Waals surface area (Å²) in [5.41, 5.74) is 3.12. The molecule has 0 saturated carbocycles. The second-order valence-electron chi connectivity index (χ2n) is 6.12. The van der Waals surface area contributed by atoms with Crippen LogP contribution in [0.5, 0.6) is 0 Å². The van der Waals surface area contributed by atoms with Gasteiger partial charge >= 0.3 is 0 Å². The molecule has 0 aliphatic rings. The molecule has 0 saturated heterocycles. The Labute approximate surface area is 152 Å². The third-order valence-electron chi connectivity index (χ3n) is 4.16. The third kappa shape index (κ3) is 3.98. The van der Waals surface area contributed by atoms with E-state index >= 15 is 0 Å². The van der Waals surface area contributed by atoms with Crippen LogP contribution in [0.2, 0.25) is 0 Å². The molecule has 0 N–H and O–H groups in total. The molecule has 0 atom stereocenters. The van der Waals surface area contributed by atoms with Gasteiger partial charge in [-0.2, -0.15) is 5.26 Å². The first-order chi connectivity index (χ1) is 12.6. The molecule has 0 bridgehead atoms. The normalized spacial score (nSPS) is 10.3. The van der Waals surface area contributed by atoms with Crippen LogP contribution in [-0.2, 0) is 17.8 Å². The molecule has 0 aliphatic heterocycles. The predicted octanol–water partition coefficient (Wildman–Crippen LogP) is 3.72. The lowest BCUT2D eigenvalue weighted by Gasteiger charge is -2.16. The van der Waals surface area contributed by atoms with Crippen LogP contribution in [0.1, 0.15) is 22.6 Å².